The summed E-state index contributed by atoms with van der Waals surface area (Å²) < 4.78 is 0. The molecule has 190 valence electrons. The van der Waals surface area contributed by atoms with Crippen LogP contribution in [0.15, 0.2) is 109 Å². The number of hydrogen-bond donors (Lipinski definition) is 0. The van der Waals surface area contributed by atoms with E-state index in [-0.39, 0.29) is 10.8 Å². The molecule has 0 saturated carbocycles. The molecule has 1 heterocycles. The van der Waals surface area contributed by atoms with Gasteiger partial charge in [-0.25, -0.2) is 0 Å². The Morgan fingerprint density at radius 3 is 2.05 bits per heavy atom. The molecule has 39 heavy (non-hydrogen) atoms. The smallest absolute Gasteiger partial charge is 0.0780 e. The minimum Gasteiger partial charge on any atom is -0.256 e. The van der Waals surface area contributed by atoms with Crippen molar-refractivity contribution in [2.45, 2.75) is 45.4 Å². The first kappa shape index (κ1) is 23.9. The van der Waals surface area contributed by atoms with Gasteiger partial charge in [0, 0.05) is 22.6 Å². The number of hydrogen-bond acceptors (Lipinski definition) is 1. The molecule has 0 unspecified atom stereocenters. The van der Waals surface area contributed by atoms with Gasteiger partial charge in [0.1, 0.15) is 0 Å². The maximum Gasteiger partial charge on any atom is 0.0780 e. The van der Waals surface area contributed by atoms with E-state index < -0.39 is 0 Å². The van der Waals surface area contributed by atoms with Crippen molar-refractivity contribution >= 4 is 21.5 Å². The number of fused-ring (bicyclic) bond motifs is 6. The maximum atomic E-state index is 4.83. The van der Waals surface area contributed by atoms with Gasteiger partial charge in [0.15, 0.2) is 0 Å². The predicted molar refractivity (Wildman–Crippen MR) is 166 cm³/mol. The van der Waals surface area contributed by atoms with Gasteiger partial charge in [-0.3, -0.25) is 4.98 Å². The molecule has 1 aliphatic carbocycles. The summed E-state index contributed by atoms with van der Waals surface area (Å²) in [6.07, 6.45) is 1.95. The highest BCUT2D eigenvalue weighted by Gasteiger charge is 2.35. The standard InChI is InChI=1S/C38H33N/c1-37(2,3)28-16-19-29-27(22-28)15-18-33-30(29)20-21-39-36(33)25-12-10-24(11-13-25)26-14-17-32-31-8-6-7-9-34(31)38(4,5)35(32)23-26/h6-23H,1-5H3. The molecule has 1 aliphatic rings. The van der Waals surface area contributed by atoms with Gasteiger partial charge in [-0.05, 0) is 72.7 Å². The predicted octanol–water partition coefficient (Wildman–Crippen LogP) is 10.3. The van der Waals surface area contributed by atoms with E-state index in [4.69, 9.17) is 4.98 Å². The average Bonchev–Trinajstić information content (AvgIpc) is 3.18. The minimum atomic E-state index is 0.00513. The number of aromatic nitrogens is 1. The number of pyridine rings is 1. The minimum absolute atomic E-state index is 0.00513. The van der Waals surface area contributed by atoms with E-state index in [0.717, 1.165) is 11.3 Å². The van der Waals surface area contributed by atoms with Crippen molar-refractivity contribution in [1.29, 1.82) is 0 Å². The molecule has 6 aromatic rings. The van der Waals surface area contributed by atoms with Crippen molar-refractivity contribution in [3.8, 4) is 33.5 Å². The fourth-order valence-corrected chi connectivity index (χ4v) is 6.40. The monoisotopic (exact) mass is 503 g/mol. The zero-order chi connectivity index (χ0) is 26.9. The second kappa shape index (κ2) is 8.38. The van der Waals surface area contributed by atoms with E-state index >= 15 is 0 Å². The van der Waals surface area contributed by atoms with Crippen molar-refractivity contribution in [2.24, 2.45) is 0 Å². The average molecular weight is 504 g/mol. The molecule has 5 aromatic carbocycles. The van der Waals surface area contributed by atoms with Crippen LogP contribution in [0.3, 0.4) is 0 Å². The third kappa shape index (κ3) is 3.72. The topological polar surface area (TPSA) is 12.9 Å². The van der Waals surface area contributed by atoms with Crippen LogP contribution >= 0.6 is 0 Å². The van der Waals surface area contributed by atoms with Crippen molar-refractivity contribution in [3.05, 3.63) is 126 Å². The second-order valence-electron chi connectivity index (χ2n) is 12.5. The molecule has 1 aromatic heterocycles. The van der Waals surface area contributed by atoms with Crippen LogP contribution in [0, 0.1) is 0 Å². The molecule has 1 heteroatoms. The summed E-state index contributed by atoms with van der Waals surface area (Å²) in [5, 5.41) is 5.01. The molecule has 0 amide bonds. The van der Waals surface area contributed by atoms with Gasteiger partial charge in [-0.2, -0.15) is 0 Å². The van der Waals surface area contributed by atoms with Gasteiger partial charge in [-0.1, -0.05) is 126 Å². The molecule has 0 N–H and O–H groups in total. The van der Waals surface area contributed by atoms with Gasteiger partial charge in [-0.15, -0.1) is 0 Å². The lowest BCUT2D eigenvalue weighted by Crippen LogP contribution is -2.14. The molecule has 0 spiro atoms. The first-order valence-electron chi connectivity index (χ1n) is 13.9. The molecule has 0 bridgehead atoms. The van der Waals surface area contributed by atoms with Crippen LogP contribution in [0.25, 0.3) is 55.1 Å². The second-order valence-corrected chi connectivity index (χ2v) is 12.5. The Morgan fingerprint density at radius 2 is 1.26 bits per heavy atom. The Balaban J connectivity index is 1.27. The van der Waals surface area contributed by atoms with E-state index in [1.807, 2.05) is 6.20 Å². The zero-order valence-corrected chi connectivity index (χ0v) is 23.3. The van der Waals surface area contributed by atoms with Crippen LogP contribution in [-0.4, -0.2) is 4.98 Å². The fourth-order valence-electron chi connectivity index (χ4n) is 6.40. The first-order chi connectivity index (χ1) is 18.7. The lowest BCUT2D eigenvalue weighted by molar-refractivity contribution is 0.591. The largest absolute Gasteiger partial charge is 0.256 e. The summed E-state index contributed by atoms with van der Waals surface area (Å²) in [7, 11) is 0. The summed E-state index contributed by atoms with van der Waals surface area (Å²) in [4.78, 5) is 4.83. The van der Waals surface area contributed by atoms with Crippen molar-refractivity contribution in [1.82, 2.24) is 4.98 Å². The van der Waals surface area contributed by atoms with E-state index in [1.54, 1.807) is 0 Å². The highest BCUT2D eigenvalue weighted by Crippen LogP contribution is 2.49. The Labute approximate surface area is 231 Å². The molecule has 7 rings (SSSR count). The molecule has 0 saturated heterocycles. The van der Waals surface area contributed by atoms with Gasteiger partial charge in [0.25, 0.3) is 0 Å². The summed E-state index contributed by atoms with van der Waals surface area (Å²) in [6, 6.07) is 38.2. The van der Waals surface area contributed by atoms with Gasteiger partial charge in [0.2, 0.25) is 0 Å². The molecule has 1 nitrogen and oxygen atoms in total. The van der Waals surface area contributed by atoms with E-state index in [2.05, 4.69) is 138 Å². The van der Waals surface area contributed by atoms with Crippen LogP contribution < -0.4 is 0 Å². The molecular formula is C38H33N. The van der Waals surface area contributed by atoms with Gasteiger partial charge < -0.3 is 0 Å². The van der Waals surface area contributed by atoms with Crippen LogP contribution in [0.5, 0.6) is 0 Å². The van der Waals surface area contributed by atoms with Crippen LogP contribution in [0.4, 0.5) is 0 Å². The van der Waals surface area contributed by atoms with E-state index in [1.165, 1.54) is 60.5 Å². The summed E-state index contributed by atoms with van der Waals surface area (Å²) in [5.74, 6) is 0. The lowest BCUT2D eigenvalue weighted by Gasteiger charge is -2.22. The summed E-state index contributed by atoms with van der Waals surface area (Å²) >= 11 is 0. The number of rotatable bonds is 2. The third-order valence-electron chi connectivity index (χ3n) is 8.70. The quantitative estimate of drug-likeness (QED) is 0.214. The number of benzene rings is 5. The highest BCUT2D eigenvalue weighted by molar-refractivity contribution is 6.11. The van der Waals surface area contributed by atoms with Crippen LogP contribution in [0.2, 0.25) is 0 Å². The highest BCUT2D eigenvalue weighted by atomic mass is 14.7. The molecule has 0 atom stereocenters. The van der Waals surface area contributed by atoms with E-state index in [9.17, 15) is 0 Å². The Hall–Kier alpha value is -4.23. The third-order valence-corrected chi connectivity index (χ3v) is 8.70. The maximum absolute atomic E-state index is 4.83. The van der Waals surface area contributed by atoms with Crippen LogP contribution in [0.1, 0.15) is 51.3 Å². The molecule has 0 aliphatic heterocycles. The SMILES string of the molecule is CC(C)(C)c1ccc2c(ccc3c(-c4ccc(-c5ccc6c(c5)C(C)(C)c5ccccc5-6)cc4)nccc32)c1. The fraction of sp³-hybridized carbons (Fsp3) is 0.184. The van der Waals surface area contributed by atoms with Crippen molar-refractivity contribution in [3.63, 3.8) is 0 Å². The lowest BCUT2D eigenvalue weighted by atomic mass is 9.81. The normalized spacial score (nSPS) is 14.0. The zero-order valence-electron chi connectivity index (χ0n) is 23.3. The van der Waals surface area contributed by atoms with Crippen molar-refractivity contribution in [2.75, 3.05) is 0 Å². The van der Waals surface area contributed by atoms with E-state index in [0.29, 0.717) is 0 Å². The Bertz CT molecular complexity index is 1900. The molecule has 0 radical (unpaired) electrons. The van der Waals surface area contributed by atoms with Gasteiger partial charge in [0.05, 0.1) is 5.69 Å². The first-order valence-corrected chi connectivity index (χ1v) is 13.9. The van der Waals surface area contributed by atoms with Crippen molar-refractivity contribution < 1.29 is 0 Å². The Morgan fingerprint density at radius 1 is 0.564 bits per heavy atom. The number of nitrogens with zero attached hydrogens (tertiary/aromatic N) is 1. The van der Waals surface area contributed by atoms with Crippen LogP contribution in [-0.2, 0) is 10.8 Å². The molecular weight excluding hydrogens is 470 g/mol. The van der Waals surface area contributed by atoms with Gasteiger partial charge >= 0.3 is 0 Å². The summed E-state index contributed by atoms with van der Waals surface area (Å²) in [5.41, 5.74) is 11.7. The molecule has 0 fully saturated rings. The Kier molecular flexibility index (Phi) is 5.13. The summed E-state index contributed by atoms with van der Waals surface area (Å²) in [6.45, 7) is 11.5.